The number of benzene rings is 2. The van der Waals surface area contributed by atoms with Crippen LogP contribution in [0.25, 0.3) is 5.69 Å². The molecule has 0 spiro atoms. The van der Waals surface area contributed by atoms with Crippen molar-refractivity contribution in [3.05, 3.63) is 63.9 Å². The quantitative estimate of drug-likeness (QED) is 0.289. The molecule has 1 aromatic heterocycles. The number of rotatable bonds is 11. The second-order valence-electron chi connectivity index (χ2n) is 9.21. The number of ether oxygens (including phenoxy) is 2. The fourth-order valence-electron chi connectivity index (χ4n) is 4.60. The number of hydrogen-bond donors (Lipinski definition) is 0. The summed E-state index contributed by atoms with van der Waals surface area (Å²) in [7, 11) is 3.39. The maximum absolute atomic E-state index is 6.59. The standard InChI is InChI=1S/C27H35ClN4O2.ClH/c1-6-13-31(16-23(22-11-12-22)21-9-7-20(8-10-21)17-33-4)27-29-19(3)32(30-27)25-14-18(2)26(34-5)15-24(25)28;/h7-10,14-15,22-23H,6,11-13,16-17H2,1-5H3;1H. The Morgan fingerprint density at radius 3 is 2.46 bits per heavy atom. The molecular weight excluding hydrogens is 483 g/mol. The average molecular weight is 520 g/mol. The van der Waals surface area contributed by atoms with E-state index in [0.29, 0.717) is 17.5 Å². The minimum atomic E-state index is 0. The number of nitrogens with zero attached hydrogens (tertiary/aromatic N) is 4. The lowest BCUT2D eigenvalue weighted by atomic mass is 9.92. The Bertz CT molecular complexity index is 1110. The van der Waals surface area contributed by atoms with Gasteiger partial charge in [0.25, 0.3) is 0 Å². The summed E-state index contributed by atoms with van der Waals surface area (Å²) in [6.07, 6.45) is 3.60. The lowest BCUT2D eigenvalue weighted by Crippen LogP contribution is -2.31. The monoisotopic (exact) mass is 518 g/mol. The van der Waals surface area contributed by atoms with E-state index in [9.17, 15) is 0 Å². The molecule has 1 fully saturated rings. The summed E-state index contributed by atoms with van der Waals surface area (Å²) >= 11 is 6.59. The van der Waals surface area contributed by atoms with Gasteiger partial charge in [0.1, 0.15) is 11.6 Å². The molecule has 1 unspecified atom stereocenters. The average Bonchev–Trinajstić information content (AvgIpc) is 3.60. The Labute approximate surface area is 220 Å². The van der Waals surface area contributed by atoms with E-state index in [1.54, 1.807) is 14.2 Å². The van der Waals surface area contributed by atoms with Crippen LogP contribution in [0.4, 0.5) is 5.95 Å². The van der Waals surface area contributed by atoms with Crippen LogP contribution in [-0.2, 0) is 11.3 Å². The molecule has 0 N–H and O–H groups in total. The zero-order chi connectivity index (χ0) is 24.2. The summed E-state index contributed by atoms with van der Waals surface area (Å²) in [4.78, 5) is 7.19. The molecule has 0 radical (unpaired) electrons. The van der Waals surface area contributed by atoms with Crippen molar-refractivity contribution in [3.63, 3.8) is 0 Å². The van der Waals surface area contributed by atoms with Crippen LogP contribution in [0.3, 0.4) is 0 Å². The third-order valence-electron chi connectivity index (χ3n) is 6.55. The van der Waals surface area contributed by atoms with E-state index < -0.39 is 0 Å². The molecular formula is C27H36Cl2N4O2. The molecule has 6 nitrogen and oxygen atoms in total. The lowest BCUT2D eigenvalue weighted by molar-refractivity contribution is 0.185. The van der Waals surface area contributed by atoms with E-state index in [1.807, 2.05) is 30.7 Å². The van der Waals surface area contributed by atoms with Crippen molar-refractivity contribution in [1.82, 2.24) is 14.8 Å². The fourth-order valence-corrected chi connectivity index (χ4v) is 4.84. The highest BCUT2D eigenvalue weighted by molar-refractivity contribution is 6.32. The Morgan fingerprint density at radius 2 is 1.86 bits per heavy atom. The molecule has 0 aliphatic heterocycles. The van der Waals surface area contributed by atoms with Gasteiger partial charge in [0.15, 0.2) is 0 Å². The third-order valence-corrected chi connectivity index (χ3v) is 6.86. The predicted molar refractivity (Wildman–Crippen MR) is 145 cm³/mol. The molecule has 0 bridgehead atoms. The van der Waals surface area contributed by atoms with Gasteiger partial charge in [-0.3, -0.25) is 0 Å². The Hall–Kier alpha value is -2.28. The largest absolute Gasteiger partial charge is 0.496 e. The van der Waals surface area contributed by atoms with Crippen molar-refractivity contribution < 1.29 is 9.47 Å². The van der Waals surface area contributed by atoms with Crippen LogP contribution in [0.1, 0.15) is 54.6 Å². The van der Waals surface area contributed by atoms with E-state index in [4.69, 9.17) is 31.2 Å². The molecule has 3 aromatic rings. The van der Waals surface area contributed by atoms with Crippen LogP contribution >= 0.6 is 24.0 Å². The number of aryl methyl sites for hydroxylation is 2. The van der Waals surface area contributed by atoms with Gasteiger partial charge in [-0.05, 0) is 61.8 Å². The van der Waals surface area contributed by atoms with Crippen LogP contribution < -0.4 is 9.64 Å². The first-order chi connectivity index (χ1) is 16.4. The van der Waals surface area contributed by atoms with Crippen LogP contribution in [0.15, 0.2) is 36.4 Å². The Kier molecular flexibility index (Phi) is 9.45. The van der Waals surface area contributed by atoms with Crippen LogP contribution in [0.5, 0.6) is 5.75 Å². The minimum Gasteiger partial charge on any atom is -0.496 e. The summed E-state index contributed by atoms with van der Waals surface area (Å²) in [6, 6.07) is 12.7. The number of hydrogen-bond acceptors (Lipinski definition) is 5. The van der Waals surface area contributed by atoms with Gasteiger partial charge < -0.3 is 14.4 Å². The molecule has 1 aliphatic carbocycles. The molecule has 4 rings (SSSR count). The van der Waals surface area contributed by atoms with Gasteiger partial charge >= 0.3 is 0 Å². The molecule has 0 saturated heterocycles. The van der Waals surface area contributed by atoms with E-state index in [-0.39, 0.29) is 12.4 Å². The van der Waals surface area contributed by atoms with Crippen molar-refractivity contribution in [2.24, 2.45) is 5.92 Å². The van der Waals surface area contributed by atoms with Gasteiger partial charge in [-0.2, -0.15) is 4.98 Å². The second kappa shape index (κ2) is 12.1. The molecule has 1 aliphatic rings. The first kappa shape index (κ1) is 27.3. The van der Waals surface area contributed by atoms with E-state index in [2.05, 4.69) is 36.1 Å². The number of methoxy groups -OCH3 is 2. The summed E-state index contributed by atoms with van der Waals surface area (Å²) in [5.41, 5.74) is 4.41. The molecule has 190 valence electrons. The fraction of sp³-hybridized carbons (Fsp3) is 0.481. The molecule has 1 saturated carbocycles. The first-order valence-electron chi connectivity index (χ1n) is 12.1. The smallest absolute Gasteiger partial charge is 0.245 e. The van der Waals surface area contributed by atoms with Gasteiger partial charge in [0, 0.05) is 32.2 Å². The zero-order valence-electron chi connectivity index (χ0n) is 21.3. The summed E-state index contributed by atoms with van der Waals surface area (Å²) in [5.74, 6) is 3.51. The normalized spacial score (nSPS) is 13.9. The summed E-state index contributed by atoms with van der Waals surface area (Å²) < 4.78 is 12.5. The lowest BCUT2D eigenvalue weighted by Gasteiger charge is -2.27. The van der Waals surface area contributed by atoms with Crippen molar-refractivity contribution in [2.75, 3.05) is 32.2 Å². The number of aromatic nitrogens is 3. The molecule has 35 heavy (non-hydrogen) atoms. The van der Waals surface area contributed by atoms with E-state index in [1.165, 1.54) is 24.0 Å². The van der Waals surface area contributed by atoms with Gasteiger partial charge in [0.2, 0.25) is 5.95 Å². The van der Waals surface area contributed by atoms with Crippen LogP contribution in [-0.4, -0.2) is 42.1 Å². The van der Waals surface area contributed by atoms with Crippen molar-refractivity contribution in [2.45, 2.75) is 52.6 Å². The maximum atomic E-state index is 6.59. The van der Waals surface area contributed by atoms with Crippen LogP contribution in [0.2, 0.25) is 5.02 Å². The van der Waals surface area contributed by atoms with Gasteiger partial charge in [-0.1, -0.05) is 42.8 Å². The van der Waals surface area contributed by atoms with Crippen molar-refractivity contribution >= 4 is 30.0 Å². The molecule has 1 heterocycles. The minimum absolute atomic E-state index is 0. The predicted octanol–water partition coefficient (Wildman–Crippen LogP) is 6.52. The zero-order valence-corrected chi connectivity index (χ0v) is 22.8. The van der Waals surface area contributed by atoms with Crippen LogP contribution in [0, 0.1) is 19.8 Å². The molecule has 8 heteroatoms. The highest BCUT2D eigenvalue weighted by Gasteiger charge is 2.34. The van der Waals surface area contributed by atoms with Crippen molar-refractivity contribution in [3.8, 4) is 11.4 Å². The second-order valence-corrected chi connectivity index (χ2v) is 9.62. The summed E-state index contributed by atoms with van der Waals surface area (Å²) in [5, 5.41) is 5.50. The molecule has 2 aromatic carbocycles. The number of halogens is 2. The third kappa shape index (κ3) is 6.29. The highest BCUT2D eigenvalue weighted by atomic mass is 35.5. The molecule has 0 amide bonds. The van der Waals surface area contributed by atoms with Gasteiger partial charge in [0.05, 0.1) is 24.4 Å². The Balaban J connectivity index is 0.00000342. The van der Waals surface area contributed by atoms with E-state index in [0.717, 1.165) is 54.2 Å². The van der Waals surface area contributed by atoms with Crippen molar-refractivity contribution in [1.29, 1.82) is 0 Å². The Morgan fingerprint density at radius 1 is 1.14 bits per heavy atom. The summed E-state index contributed by atoms with van der Waals surface area (Å²) in [6.45, 7) is 8.64. The highest BCUT2D eigenvalue weighted by Crippen LogP contribution is 2.43. The maximum Gasteiger partial charge on any atom is 0.245 e. The SMILES string of the molecule is CCCN(CC(c1ccc(COC)cc1)C1CC1)c1nc(C)n(-c2cc(C)c(OC)cc2Cl)n1.Cl. The van der Waals surface area contributed by atoms with Gasteiger partial charge in [-0.25, -0.2) is 4.68 Å². The molecule has 1 atom stereocenters. The van der Waals surface area contributed by atoms with E-state index >= 15 is 0 Å². The number of anilines is 1. The van der Waals surface area contributed by atoms with Gasteiger partial charge in [-0.15, -0.1) is 17.5 Å². The first-order valence-corrected chi connectivity index (χ1v) is 12.4. The topological polar surface area (TPSA) is 52.4 Å².